The second-order valence-corrected chi connectivity index (χ2v) is 10.9. The van der Waals surface area contributed by atoms with Crippen LogP contribution < -0.4 is 14.8 Å². The van der Waals surface area contributed by atoms with E-state index in [1.807, 2.05) is 25.2 Å². The number of amides is 1. The van der Waals surface area contributed by atoms with Crippen LogP contribution in [0.5, 0.6) is 11.5 Å². The van der Waals surface area contributed by atoms with E-state index < -0.39 is 18.9 Å². The van der Waals surface area contributed by atoms with Gasteiger partial charge in [-0.25, -0.2) is 9.38 Å². The van der Waals surface area contributed by atoms with Crippen LogP contribution in [0.25, 0.3) is 11.3 Å². The topological polar surface area (TPSA) is 128 Å². The Bertz CT molecular complexity index is 1620. The maximum Gasteiger partial charge on any atom is 0.387 e. The molecule has 1 unspecified atom stereocenters. The highest BCUT2D eigenvalue weighted by Crippen LogP contribution is 2.39. The zero-order chi connectivity index (χ0) is 31.0. The van der Waals surface area contributed by atoms with E-state index in [0.717, 1.165) is 12.8 Å². The van der Waals surface area contributed by atoms with Crippen molar-refractivity contribution >= 4 is 17.8 Å². The number of aromatic nitrogens is 6. The number of nitrogens with zero attached hydrogens (tertiary/aromatic N) is 9. The molecule has 1 saturated carbocycles. The van der Waals surface area contributed by atoms with E-state index in [-0.39, 0.29) is 41.0 Å². The Hall–Kier alpha value is -4.73. The first-order valence-corrected chi connectivity index (χ1v) is 14.1. The minimum Gasteiger partial charge on any atom is -0.461 e. The van der Waals surface area contributed by atoms with E-state index in [9.17, 15) is 18.0 Å². The maximum absolute atomic E-state index is 13.7. The van der Waals surface area contributed by atoms with Crippen molar-refractivity contribution in [3.8, 4) is 22.8 Å². The van der Waals surface area contributed by atoms with Gasteiger partial charge in [-0.3, -0.25) is 9.48 Å². The van der Waals surface area contributed by atoms with Crippen molar-refractivity contribution in [3.63, 3.8) is 0 Å². The smallest absolute Gasteiger partial charge is 0.387 e. The molecule has 1 atom stereocenters. The summed E-state index contributed by atoms with van der Waals surface area (Å²) in [6.45, 7) is -1.29. The van der Waals surface area contributed by atoms with E-state index in [2.05, 4.69) is 35.7 Å². The highest BCUT2D eigenvalue weighted by Gasteiger charge is 2.34. The summed E-state index contributed by atoms with van der Waals surface area (Å²) >= 11 is 0. The van der Waals surface area contributed by atoms with Gasteiger partial charge in [-0.2, -0.15) is 18.7 Å². The average Bonchev–Trinajstić information content (AvgIpc) is 3.67. The van der Waals surface area contributed by atoms with E-state index in [1.54, 1.807) is 23.3 Å². The molecule has 2 aromatic heterocycles. The van der Waals surface area contributed by atoms with Crippen LogP contribution in [0.15, 0.2) is 53.1 Å². The summed E-state index contributed by atoms with van der Waals surface area (Å²) < 4.78 is 51.9. The molecule has 4 heterocycles. The van der Waals surface area contributed by atoms with Gasteiger partial charge in [-0.1, -0.05) is 0 Å². The number of tetrazole rings is 1. The van der Waals surface area contributed by atoms with Gasteiger partial charge >= 0.3 is 6.61 Å². The van der Waals surface area contributed by atoms with E-state index in [4.69, 9.17) is 9.47 Å². The number of allylic oxidation sites excluding steroid dienone is 1. The van der Waals surface area contributed by atoms with Crippen molar-refractivity contribution in [2.24, 2.45) is 4.99 Å². The number of benzene rings is 1. The summed E-state index contributed by atoms with van der Waals surface area (Å²) in [5.41, 5.74) is 0.806. The standard InChI is InChI=1S/C28H31F3N10O3/c1-16(29)43-19-5-6-23(44-28(30)31)21(13-19)25-22(33-27(42)20-7-10-39-9-4-8-32-26(20)39)14-40(36-25)15-24-34-37-41(35-24)18-11-17(12-18)38(2)3/h4-6,8-9,13-14,16-18,28H,7,10-12,15H2,1-3H3,(H,33,42)/t16?,17-,18-. The van der Waals surface area contributed by atoms with Crippen molar-refractivity contribution in [3.05, 3.63) is 53.9 Å². The lowest BCUT2D eigenvalue weighted by atomic mass is 9.86. The largest absolute Gasteiger partial charge is 0.461 e. The maximum atomic E-state index is 13.7. The number of rotatable bonds is 11. The van der Waals surface area contributed by atoms with Crippen molar-refractivity contribution in [1.29, 1.82) is 0 Å². The molecule has 3 aromatic rings. The van der Waals surface area contributed by atoms with Crippen molar-refractivity contribution in [1.82, 2.24) is 39.8 Å². The first-order chi connectivity index (χ1) is 21.1. The van der Waals surface area contributed by atoms with Crippen molar-refractivity contribution in [2.45, 2.75) is 57.8 Å². The number of hydrogen-bond acceptors (Lipinski definition) is 10. The minimum absolute atomic E-state index is 0.0580. The minimum atomic E-state index is -3.15. The number of aliphatic imine (C=N–C) groups is 1. The van der Waals surface area contributed by atoms with Crippen LogP contribution in [0.1, 0.15) is 38.1 Å². The fourth-order valence-electron chi connectivity index (χ4n) is 5.32. The summed E-state index contributed by atoms with van der Waals surface area (Å²) in [6.07, 6.45) is 7.35. The number of carbonyl (C=O) groups is 1. The van der Waals surface area contributed by atoms with Gasteiger partial charge in [0.25, 0.3) is 5.91 Å². The van der Waals surface area contributed by atoms with Crippen molar-refractivity contribution in [2.75, 3.05) is 26.0 Å². The zero-order valence-corrected chi connectivity index (χ0v) is 24.3. The molecule has 1 aliphatic carbocycles. The molecule has 0 radical (unpaired) electrons. The quantitative estimate of drug-likeness (QED) is 0.346. The number of halogens is 3. The molecule has 1 aromatic carbocycles. The molecule has 1 amide bonds. The lowest BCUT2D eigenvalue weighted by molar-refractivity contribution is -0.113. The zero-order valence-electron chi connectivity index (χ0n) is 24.3. The van der Waals surface area contributed by atoms with Crippen LogP contribution >= 0.6 is 0 Å². The van der Waals surface area contributed by atoms with E-state index in [0.29, 0.717) is 36.2 Å². The van der Waals surface area contributed by atoms with Gasteiger partial charge in [0.15, 0.2) is 5.82 Å². The Morgan fingerprint density at radius 3 is 2.75 bits per heavy atom. The van der Waals surface area contributed by atoms with Crippen LogP contribution in [-0.2, 0) is 11.3 Å². The van der Waals surface area contributed by atoms with Crippen LogP contribution in [0, 0.1) is 0 Å². The molecule has 6 rings (SSSR count). The normalized spacial score (nSPS) is 19.9. The Balaban J connectivity index is 1.33. The van der Waals surface area contributed by atoms with Gasteiger partial charge in [0.05, 0.1) is 22.9 Å². The molecule has 16 heteroatoms. The summed E-state index contributed by atoms with van der Waals surface area (Å²) in [4.78, 5) is 23.4. The number of nitrogens with one attached hydrogen (secondary N) is 1. The molecular formula is C28H31F3N10O3. The molecule has 44 heavy (non-hydrogen) atoms. The Labute approximate surface area is 250 Å². The van der Waals surface area contributed by atoms with Gasteiger partial charge in [0, 0.05) is 38.1 Å². The molecule has 232 valence electrons. The fraction of sp³-hybridized carbons (Fsp3) is 0.429. The molecule has 0 saturated heterocycles. The third-order valence-corrected chi connectivity index (χ3v) is 7.62. The third-order valence-electron chi connectivity index (χ3n) is 7.62. The van der Waals surface area contributed by atoms with Gasteiger partial charge < -0.3 is 24.6 Å². The SMILES string of the molecule is CC(F)Oc1ccc(OC(F)F)c(-c2nn(Cc3nnn([C@H]4C[C@H](N(C)C)C4)n3)cc2NC(=O)C2=C3N=CC=CN3CC2)c1. The highest BCUT2D eigenvalue weighted by atomic mass is 19.3. The number of alkyl halides is 3. The molecule has 0 bridgehead atoms. The van der Waals surface area contributed by atoms with Crippen LogP contribution in [0.4, 0.5) is 18.9 Å². The molecule has 1 N–H and O–H groups in total. The first-order valence-electron chi connectivity index (χ1n) is 14.1. The average molecular weight is 613 g/mol. The Morgan fingerprint density at radius 2 is 2.00 bits per heavy atom. The molecular weight excluding hydrogens is 581 g/mol. The molecule has 3 aliphatic rings. The molecule has 0 spiro atoms. The van der Waals surface area contributed by atoms with Crippen molar-refractivity contribution < 1.29 is 27.4 Å². The second-order valence-electron chi connectivity index (χ2n) is 10.9. The van der Waals surface area contributed by atoms with Gasteiger partial charge in [0.2, 0.25) is 6.36 Å². The lowest BCUT2D eigenvalue weighted by Crippen LogP contribution is -2.42. The van der Waals surface area contributed by atoms with Crippen LogP contribution in [-0.4, -0.2) is 91.6 Å². The van der Waals surface area contributed by atoms with Gasteiger partial charge in [0.1, 0.15) is 29.6 Å². The first kappa shape index (κ1) is 29.3. The fourth-order valence-corrected chi connectivity index (χ4v) is 5.32. The number of anilines is 1. The van der Waals surface area contributed by atoms with Gasteiger partial charge in [-0.05, 0) is 62.8 Å². The monoisotopic (exact) mass is 612 g/mol. The number of ether oxygens (including phenoxy) is 2. The summed E-state index contributed by atoms with van der Waals surface area (Å²) in [5.74, 6) is 0.296. The van der Waals surface area contributed by atoms with Crippen LogP contribution in [0.2, 0.25) is 0 Å². The molecule has 13 nitrogen and oxygen atoms in total. The highest BCUT2D eigenvalue weighted by molar-refractivity contribution is 6.06. The van der Waals surface area contributed by atoms with Crippen LogP contribution in [0.3, 0.4) is 0 Å². The lowest BCUT2D eigenvalue weighted by Gasteiger charge is -2.38. The Kier molecular flexibility index (Phi) is 8.07. The predicted octanol–water partition coefficient (Wildman–Crippen LogP) is 3.60. The Morgan fingerprint density at radius 1 is 1.18 bits per heavy atom. The van der Waals surface area contributed by atoms with E-state index in [1.165, 1.54) is 29.8 Å². The van der Waals surface area contributed by atoms with E-state index >= 15 is 0 Å². The molecule has 1 fully saturated rings. The summed E-state index contributed by atoms with van der Waals surface area (Å²) in [5, 5.41) is 20.3. The predicted molar refractivity (Wildman–Crippen MR) is 153 cm³/mol. The summed E-state index contributed by atoms with van der Waals surface area (Å²) in [7, 11) is 4.06. The molecule has 2 aliphatic heterocycles. The summed E-state index contributed by atoms with van der Waals surface area (Å²) in [6, 6.07) is 4.47. The number of fused-ring (bicyclic) bond motifs is 1. The van der Waals surface area contributed by atoms with Gasteiger partial charge in [-0.15, -0.1) is 10.2 Å². The number of hydrogen-bond donors (Lipinski definition) is 1. The second kappa shape index (κ2) is 12.1. The number of carbonyl (C=O) groups excluding carboxylic acids is 1. The third kappa shape index (κ3) is 6.15.